The zero-order chi connectivity index (χ0) is 0. The third-order valence-corrected chi connectivity index (χ3v) is 0. The van der Waals surface area contributed by atoms with Crippen molar-refractivity contribution in [3.05, 3.63) is 0 Å². The van der Waals surface area contributed by atoms with E-state index in [1.54, 1.807) is 0 Å². The van der Waals surface area contributed by atoms with Gasteiger partial charge in [0, 0.05) is 19.8 Å². The van der Waals surface area contributed by atoms with Crippen molar-refractivity contribution < 1.29 is 16.4 Å². The molecule has 0 unspecified atom stereocenters. The first-order chi connectivity index (χ1) is 0. The third kappa shape index (κ3) is 167. The van der Waals surface area contributed by atoms with Crippen molar-refractivity contribution in [3.8, 4) is 0 Å². The summed E-state index contributed by atoms with van der Waals surface area (Å²) in [4.78, 5) is 0. The molecule has 3 nitrogen and oxygen atoms in total. The Morgan fingerprint density at radius 1 is 0.444 bits per heavy atom. The van der Waals surface area contributed by atoms with Crippen molar-refractivity contribution in [2.45, 2.75) is 0 Å². The summed E-state index contributed by atoms with van der Waals surface area (Å²) in [5.41, 5.74) is 0. The van der Waals surface area contributed by atoms with Crippen LogP contribution in [0.3, 0.4) is 0 Å². The van der Waals surface area contributed by atoms with E-state index < -0.39 is 0 Å². The number of rotatable bonds is 0. The molecule has 46 valence electrons. The van der Waals surface area contributed by atoms with Crippen LogP contribution in [0.15, 0.2) is 0 Å². The van der Waals surface area contributed by atoms with E-state index in [9.17, 15) is 0 Å². The predicted molar refractivity (Wildman–Crippen MR) is 47.3 cm³/mol. The van der Waals surface area contributed by atoms with Crippen molar-refractivity contribution in [1.29, 1.82) is 0 Å². The molecule has 9 heavy (non-hydrogen) atoms. The molecule has 0 N–H and O–H groups in total. The molecule has 9 heteroatoms. The molecule has 0 atom stereocenters. The Kier molecular flexibility index (Phi) is 6790. The summed E-state index contributed by atoms with van der Waals surface area (Å²) in [6.07, 6.45) is 0. The van der Waals surface area contributed by atoms with Gasteiger partial charge in [0.15, 0.2) is 0 Å². The predicted octanol–water partition coefficient (Wildman–Crippen LogP) is -1.76. The molecule has 0 amide bonds. The fraction of sp³-hybridized carbons (Fsp3) is 0. The van der Waals surface area contributed by atoms with Crippen LogP contribution in [0.5, 0.6) is 0 Å². The fourth-order valence-corrected chi connectivity index (χ4v) is 0. The first kappa shape index (κ1) is 288. The average molecular weight is 192 g/mol. The maximum atomic E-state index is 0. The molecule has 0 aromatic carbocycles. The zero-order valence-corrected chi connectivity index (χ0v) is 7.37. The topological polar surface area (TPSA) is 85.5 Å². The van der Waals surface area contributed by atoms with Gasteiger partial charge in [-0.15, -0.1) is 0 Å². The first-order valence-corrected chi connectivity index (χ1v) is 0. The Labute approximate surface area is 87.7 Å². The molecule has 0 aliphatic rings. The zero-order valence-electron chi connectivity index (χ0n) is 3.27. The fourth-order valence-electron chi connectivity index (χ4n) is 0. The Morgan fingerprint density at radius 3 is 0.444 bits per heavy atom. The van der Waals surface area contributed by atoms with Crippen LogP contribution >= 0.6 is 19.8 Å². The Morgan fingerprint density at radius 2 is 0.444 bits per heavy atom. The van der Waals surface area contributed by atoms with Gasteiger partial charge in [0.1, 0.15) is 0 Å². The Hall–Kier alpha value is 1.93. The van der Waals surface area contributed by atoms with Crippen LogP contribution in [0.1, 0.15) is 0 Å². The molecule has 0 saturated heterocycles. The first-order valence-electron chi connectivity index (χ1n) is 0. The molecule has 6 radical (unpaired) electrons. The van der Waals surface area contributed by atoms with Crippen LogP contribution in [-0.2, 0) is 16.4 Å². The summed E-state index contributed by atoms with van der Waals surface area (Å²) in [6, 6.07) is 0. The van der Waals surface area contributed by atoms with E-state index in [-0.39, 0.29) is 87.8 Å². The standard InChI is InChI=1S/2Al.2BH3.3O.2P/h;;2*1H3;;;;;/q2*+3;;;3*-2;;. The second-order valence-corrected chi connectivity index (χ2v) is 0. The third-order valence-electron chi connectivity index (χ3n) is 0. The van der Waals surface area contributed by atoms with Gasteiger partial charge in [-0.3, -0.25) is 0 Å². The quantitative estimate of drug-likeness (QED) is 0.321. The van der Waals surface area contributed by atoms with Gasteiger partial charge >= 0.3 is 34.7 Å². The molecule has 0 bridgehead atoms. The Bertz CT molecular complexity index is 17.8. The number of hydrogen-bond acceptors (Lipinski definition) is 0. The van der Waals surface area contributed by atoms with E-state index in [0.717, 1.165) is 0 Å². The molecular formula is H6Al2B2O3P2. The number of hydrogen-bond donors (Lipinski definition) is 0. The normalized spacial score (nSPS) is 0. The van der Waals surface area contributed by atoms with E-state index in [1.807, 2.05) is 0 Å². The van der Waals surface area contributed by atoms with Crippen LogP contribution < -0.4 is 0 Å². The maximum Gasteiger partial charge on any atom is 3.00 e. The molecule has 0 spiro atoms. The minimum Gasteiger partial charge on any atom is -2.00 e. The van der Waals surface area contributed by atoms with Crippen molar-refractivity contribution in [3.63, 3.8) is 0 Å². The monoisotopic (exact) mass is 192 g/mol. The summed E-state index contributed by atoms with van der Waals surface area (Å²) >= 11 is 0. The largest absolute Gasteiger partial charge is 3.00 e. The van der Waals surface area contributed by atoms with Gasteiger partial charge in [-0.05, 0) is 0 Å². The molecule has 0 saturated carbocycles. The molecule has 0 aliphatic heterocycles. The molecule has 0 aromatic heterocycles. The van der Waals surface area contributed by atoms with Crippen molar-refractivity contribution in [1.82, 2.24) is 0 Å². The molecular weight excluding hydrogens is 186 g/mol. The molecule has 0 heterocycles. The van der Waals surface area contributed by atoms with E-state index in [2.05, 4.69) is 0 Å². The summed E-state index contributed by atoms with van der Waals surface area (Å²) < 4.78 is 0. The van der Waals surface area contributed by atoms with Gasteiger partial charge in [-0.1, -0.05) is 0 Å². The molecule has 0 rings (SSSR count). The van der Waals surface area contributed by atoms with E-state index in [4.69, 9.17) is 0 Å². The van der Waals surface area contributed by atoms with Crippen molar-refractivity contribution in [2.24, 2.45) is 0 Å². The second kappa shape index (κ2) is 212. The smallest absolute Gasteiger partial charge is 2.00 e. The second-order valence-electron chi connectivity index (χ2n) is 0. The summed E-state index contributed by atoms with van der Waals surface area (Å²) in [7, 11) is 0. The van der Waals surface area contributed by atoms with Crippen LogP contribution in [0.2, 0.25) is 0 Å². The molecule has 0 aliphatic carbocycles. The van der Waals surface area contributed by atoms with Gasteiger partial charge in [0.05, 0.1) is 16.8 Å². The molecule has 0 aromatic rings. The molecule has 0 fully saturated rings. The van der Waals surface area contributed by atoms with E-state index in [1.165, 1.54) is 0 Å². The summed E-state index contributed by atoms with van der Waals surface area (Å²) in [5, 5.41) is 0. The van der Waals surface area contributed by atoms with E-state index in [0.29, 0.717) is 0 Å². The average Bonchev–Trinajstić information content (AvgIpc) is 0. The van der Waals surface area contributed by atoms with Crippen molar-refractivity contribution in [2.75, 3.05) is 0 Å². The van der Waals surface area contributed by atoms with Gasteiger partial charge in [0.25, 0.3) is 0 Å². The Balaban J connectivity index is 0. The van der Waals surface area contributed by atoms with Crippen LogP contribution in [0.4, 0.5) is 0 Å². The SMILES string of the molecule is B.B.[Al+3].[Al+3].[O-2].[O-2].[O-2].[P].[P]. The van der Waals surface area contributed by atoms with Gasteiger partial charge in [-0.25, -0.2) is 0 Å². The minimum absolute atomic E-state index is 0. The summed E-state index contributed by atoms with van der Waals surface area (Å²) in [6.45, 7) is 0. The summed E-state index contributed by atoms with van der Waals surface area (Å²) in [5.74, 6) is 0. The minimum atomic E-state index is 0. The maximum absolute atomic E-state index is 0. The van der Waals surface area contributed by atoms with Gasteiger partial charge < -0.3 is 16.4 Å². The van der Waals surface area contributed by atoms with Crippen LogP contribution in [0.25, 0.3) is 0 Å². The van der Waals surface area contributed by atoms with Gasteiger partial charge in [-0.2, -0.15) is 0 Å². The van der Waals surface area contributed by atoms with E-state index >= 15 is 0 Å². The van der Waals surface area contributed by atoms with Crippen molar-refractivity contribution >= 4 is 71.3 Å². The van der Waals surface area contributed by atoms with Gasteiger partial charge in [0.2, 0.25) is 0 Å². The van der Waals surface area contributed by atoms with Crippen LogP contribution in [0, 0.1) is 0 Å². The van der Waals surface area contributed by atoms with Crippen LogP contribution in [-0.4, -0.2) is 51.5 Å².